The summed E-state index contributed by atoms with van der Waals surface area (Å²) in [6.07, 6.45) is 4.61. The number of carbonyl (C=O) groups is 1. The van der Waals surface area contributed by atoms with Crippen molar-refractivity contribution in [1.82, 2.24) is 4.90 Å². The number of benzene rings is 1. The third-order valence-corrected chi connectivity index (χ3v) is 3.34. The third-order valence-electron chi connectivity index (χ3n) is 3.09. The van der Waals surface area contributed by atoms with Gasteiger partial charge < -0.3 is 4.74 Å². The van der Waals surface area contributed by atoms with E-state index in [0.29, 0.717) is 11.6 Å². The van der Waals surface area contributed by atoms with Crippen molar-refractivity contribution in [2.45, 2.75) is 38.8 Å². The number of hydrogen-bond donors (Lipinski definition) is 0. The highest BCUT2D eigenvalue weighted by molar-refractivity contribution is 6.30. The van der Waals surface area contributed by atoms with Gasteiger partial charge in [-0.05, 0) is 44.9 Å². The summed E-state index contributed by atoms with van der Waals surface area (Å²) in [6.45, 7) is 6.20. The molecule has 0 saturated heterocycles. The molecule has 0 aliphatic carbocycles. The number of nitrogens with zero attached hydrogens (tertiary/aromatic N) is 1. The van der Waals surface area contributed by atoms with Crippen molar-refractivity contribution in [2.75, 3.05) is 6.54 Å². The Morgan fingerprint density at radius 1 is 1.25 bits per heavy atom. The second kappa shape index (κ2) is 5.88. The number of halogens is 1. The summed E-state index contributed by atoms with van der Waals surface area (Å²) in [5.74, 6) is 0. The molecule has 3 nitrogen and oxygen atoms in total. The topological polar surface area (TPSA) is 29.5 Å². The average molecular weight is 294 g/mol. The van der Waals surface area contributed by atoms with E-state index in [1.807, 2.05) is 51.1 Å². The monoisotopic (exact) mass is 293 g/mol. The van der Waals surface area contributed by atoms with Crippen molar-refractivity contribution in [1.29, 1.82) is 0 Å². The lowest BCUT2D eigenvalue weighted by atomic mass is 9.99. The summed E-state index contributed by atoms with van der Waals surface area (Å²) in [5.41, 5.74) is 0.590. The lowest BCUT2D eigenvalue weighted by Crippen LogP contribution is -2.40. The predicted octanol–water partition coefficient (Wildman–Crippen LogP) is 4.58. The summed E-state index contributed by atoms with van der Waals surface area (Å²) in [5, 5.41) is 0.698. The van der Waals surface area contributed by atoms with Gasteiger partial charge in [-0.3, -0.25) is 4.90 Å². The minimum atomic E-state index is -0.483. The maximum absolute atomic E-state index is 12.3. The van der Waals surface area contributed by atoms with Crippen LogP contribution < -0.4 is 0 Å². The lowest BCUT2D eigenvalue weighted by Gasteiger charge is -2.34. The summed E-state index contributed by atoms with van der Waals surface area (Å²) < 4.78 is 5.48. The first kappa shape index (κ1) is 14.9. The molecule has 1 aromatic carbocycles. The van der Waals surface area contributed by atoms with Crippen molar-refractivity contribution in [3.63, 3.8) is 0 Å². The van der Waals surface area contributed by atoms with E-state index in [9.17, 15) is 4.79 Å². The first-order chi connectivity index (χ1) is 9.37. The lowest BCUT2D eigenvalue weighted by molar-refractivity contribution is 0.0176. The van der Waals surface area contributed by atoms with Crippen LogP contribution >= 0.6 is 11.6 Å². The van der Waals surface area contributed by atoms with Gasteiger partial charge in [0.2, 0.25) is 0 Å². The Hall–Kier alpha value is -1.48. The van der Waals surface area contributed by atoms with Gasteiger partial charge in [0, 0.05) is 11.6 Å². The van der Waals surface area contributed by atoms with E-state index in [2.05, 4.69) is 6.08 Å². The molecule has 4 heteroatoms. The summed E-state index contributed by atoms with van der Waals surface area (Å²) >= 11 is 5.92. The van der Waals surface area contributed by atoms with E-state index in [1.165, 1.54) is 0 Å². The minimum absolute atomic E-state index is 0.00659. The summed E-state index contributed by atoms with van der Waals surface area (Å²) in [4.78, 5) is 14.1. The third kappa shape index (κ3) is 3.76. The Kier molecular flexibility index (Phi) is 4.39. The SMILES string of the molecule is CC(C)(C)OC(=O)N1CC=CC[C@@H]1c1ccc(Cl)cc1. The molecule has 1 aliphatic heterocycles. The van der Waals surface area contributed by atoms with Crippen molar-refractivity contribution in [3.05, 3.63) is 47.0 Å². The van der Waals surface area contributed by atoms with Crippen molar-refractivity contribution >= 4 is 17.7 Å². The first-order valence-electron chi connectivity index (χ1n) is 6.77. The average Bonchev–Trinajstić information content (AvgIpc) is 2.38. The van der Waals surface area contributed by atoms with Crippen LogP contribution in [0.3, 0.4) is 0 Å². The van der Waals surface area contributed by atoms with Gasteiger partial charge >= 0.3 is 6.09 Å². The van der Waals surface area contributed by atoms with Crippen molar-refractivity contribution in [3.8, 4) is 0 Å². The van der Waals surface area contributed by atoms with Crippen molar-refractivity contribution in [2.24, 2.45) is 0 Å². The molecule has 1 heterocycles. The quantitative estimate of drug-likeness (QED) is 0.709. The minimum Gasteiger partial charge on any atom is -0.444 e. The highest BCUT2D eigenvalue weighted by atomic mass is 35.5. The number of ether oxygens (including phenoxy) is 1. The Morgan fingerprint density at radius 3 is 2.50 bits per heavy atom. The van der Waals surface area contributed by atoms with Gasteiger partial charge in [-0.15, -0.1) is 0 Å². The predicted molar refractivity (Wildman–Crippen MR) is 80.9 cm³/mol. The first-order valence-corrected chi connectivity index (χ1v) is 7.15. The molecule has 0 saturated carbocycles. The van der Waals surface area contributed by atoms with E-state index < -0.39 is 5.60 Å². The van der Waals surface area contributed by atoms with E-state index in [-0.39, 0.29) is 12.1 Å². The van der Waals surface area contributed by atoms with Gasteiger partial charge in [0.05, 0.1) is 6.04 Å². The fourth-order valence-electron chi connectivity index (χ4n) is 2.19. The number of amides is 1. The zero-order chi connectivity index (χ0) is 14.8. The van der Waals surface area contributed by atoms with Crippen LogP contribution in [0.2, 0.25) is 5.02 Å². The second-order valence-corrected chi connectivity index (χ2v) is 6.34. The van der Waals surface area contributed by atoms with Gasteiger partial charge in [0.25, 0.3) is 0 Å². The van der Waals surface area contributed by atoms with Gasteiger partial charge in [0.15, 0.2) is 0 Å². The molecule has 0 radical (unpaired) electrons. The molecule has 0 fully saturated rings. The molecule has 1 aromatic rings. The van der Waals surface area contributed by atoms with Crippen LogP contribution in [0.25, 0.3) is 0 Å². The van der Waals surface area contributed by atoms with Crippen LogP contribution in [-0.4, -0.2) is 23.1 Å². The van der Waals surface area contributed by atoms with Crippen LogP contribution in [0.4, 0.5) is 4.79 Å². The summed E-state index contributed by atoms with van der Waals surface area (Å²) in [7, 11) is 0. The van der Waals surface area contributed by atoms with Gasteiger partial charge in [-0.1, -0.05) is 35.9 Å². The van der Waals surface area contributed by atoms with Crippen LogP contribution in [-0.2, 0) is 4.74 Å². The van der Waals surface area contributed by atoms with E-state index >= 15 is 0 Å². The molecule has 0 aromatic heterocycles. The Labute approximate surface area is 125 Å². The van der Waals surface area contributed by atoms with Gasteiger partial charge in [-0.25, -0.2) is 4.79 Å². The Balaban J connectivity index is 2.19. The molecular formula is C16H20ClNO2. The van der Waals surface area contributed by atoms with E-state index in [1.54, 1.807) is 4.90 Å². The fourth-order valence-corrected chi connectivity index (χ4v) is 2.32. The smallest absolute Gasteiger partial charge is 0.411 e. The zero-order valence-corrected chi connectivity index (χ0v) is 12.9. The molecule has 1 atom stereocenters. The molecule has 0 N–H and O–H groups in total. The molecular weight excluding hydrogens is 274 g/mol. The molecule has 20 heavy (non-hydrogen) atoms. The van der Waals surface area contributed by atoms with Crippen LogP contribution in [0.15, 0.2) is 36.4 Å². The normalized spacial score (nSPS) is 19.0. The molecule has 1 amide bonds. The standard InChI is InChI=1S/C16H20ClNO2/c1-16(2,3)20-15(19)18-11-5-4-6-14(18)12-7-9-13(17)10-8-12/h4-5,7-10,14H,6,11H2,1-3H3/t14-/m1/s1. The van der Waals surface area contributed by atoms with Crippen LogP contribution in [0.1, 0.15) is 38.8 Å². The number of hydrogen-bond acceptors (Lipinski definition) is 2. The summed E-state index contributed by atoms with van der Waals surface area (Å²) in [6, 6.07) is 7.63. The fraction of sp³-hybridized carbons (Fsp3) is 0.438. The van der Waals surface area contributed by atoms with E-state index in [0.717, 1.165) is 12.0 Å². The largest absolute Gasteiger partial charge is 0.444 e. The maximum Gasteiger partial charge on any atom is 0.411 e. The van der Waals surface area contributed by atoms with Gasteiger partial charge in [0.1, 0.15) is 5.60 Å². The highest BCUT2D eigenvalue weighted by Gasteiger charge is 2.29. The molecule has 108 valence electrons. The molecule has 1 aliphatic rings. The Morgan fingerprint density at radius 2 is 1.90 bits per heavy atom. The highest BCUT2D eigenvalue weighted by Crippen LogP contribution is 2.30. The van der Waals surface area contributed by atoms with E-state index in [4.69, 9.17) is 16.3 Å². The van der Waals surface area contributed by atoms with Crippen LogP contribution in [0.5, 0.6) is 0 Å². The Bertz CT molecular complexity index is 502. The number of carbonyl (C=O) groups excluding carboxylic acids is 1. The molecule has 2 rings (SSSR count). The number of rotatable bonds is 1. The molecule has 0 spiro atoms. The van der Waals surface area contributed by atoms with Crippen molar-refractivity contribution < 1.29 is 9.53 Å². The molecule has 0 unspecified atom stereocenters. The van der Waals surface area contributed by atoms with Gasteiger partial charge in [-0.2, -0.15) is 0 Å². The second-order valence-electron chi connectivity index (χ2n) is 5.91. The maximum atomic E-state index is 12.3. The van der Waals surface area contributed by atoms with Crippen LogP contribution in [0, 0.1) is 0 Å². The zero-order valence-electron chi connectivity index (χ0n) is 12.1. The molecule has 0 bridgehead atoms.